The van der Waals surface area contributed by atoms with Crippen LogP contribution >= 0.6 is 0 Å². The van der Waals surface area contributed by atoms with Crippen LogP contribution in [0, 0.1) is 17.0 Å². The first kappa shape index (κ1) is 21.2. The number of carbonyl (C=O) groups is 1. The average molecular weight is 408 g/mol. The van der Waals surface area contributed by atoms with E-state index in [-0.39, 0.29) is 41.4 Å². The number of ether oxygens (including phenoxy) is 1. The number of non-ortho nitro benzene ring substituents is 1. The Labute approximate surface area is 162 Å². The van der Waals surface area contributed by atoms with Gasteiger partial charge in [0, 0.05) is 25.1 Å². The fourth-order valence-corrected chi connectivity index (χ4v) is 4.07. The summed E-state index contributed by atoms with van der Waals surface area (Å²) in [7, 11) is -2.79. The minimum atomic E-state index is -4.11. The zero-order chi connectivity index (χ0) is 20.9. The molecule has 9 nitrogen and oxygen atoms in total. The highest BCUT2D eigenvalue weighted by Gasteiger charge is 2.29. The second kappa shape index (κ2) is 8.70. The van der Waals surface area contributed by atoms with Gasteiger partial charge in [0.1, 0.15) is 11.4 Å². The lowest BCUT2D eigenvalue weighted by atomic mass is 10.2. The zero-order valence-corrected chi connectivity index (χ0v) is 16.2. The van der Waals surface area contributed by atoms with Crippen molar-refractivity contribution in [1.82, 2.24) is 0 Å². The van der Waals surface area contributed by atoms with Crippen molar-refractivity contribution >= 4 is 27.4 Å². The number of aliphatic carboxylic acids is 1. The molecule has 28 heavy (non-hydrogen) atoms. The molecule has 0 aliphatic rings. The van der Waals surface area contributed by atoms with Gasteiger partial charge < -0.3 is 9.84 Å². The van der Waals surface area contributed by atoms with Crippen molar-refractivity contribution in [3.05, 3.63) is 58.1 Å². The number of nitro benzene ring substituents is 1. The summed E-state index contributed by atoms with van der Waals surface area (Å²) >= 11 is 0. The van der Waals surface area contributed by atoms with E-state index in [0.29, 0.717) is 0 Å². The third-order valence-corrected chi connectivity index (χ3v) is 5.83. The zero-order valence-electron chi connectivity index (χ0n) is 15.4. The predicted octanol–water partition coefficient (Wildman–Crippen LogP) is 2.97. The molecular weight excluding hydrogens is 388 g/mol. The summed E-state index contributed by atoms with van der Waals surface area (Å²) < 4.78 is 32.6. The van der Waals surface area contributed by atoms with Gasteiger partial charge in [0.2, 0.25) is 0 Å². The fourth-order valence-electron chi connectivity index (χ4n) is 2.57. The van der Waals surface area contributed by atoms with Crippen LogP contribution in [-0.4, -0.2) is 38.1 Å². The van der Waals surface area contributed by atoms with Crippen LogP contribution in [0.1, 0.15) is 18.4 Å². The maximum absolute atomic E-state index is 13.2. The van der Waals surface area contributed by atoms with Crippen LogP contribution in [0.3, 0.4) is 0 Å². The smallest absolute Gasteiger partial charge is 0.303 e. The summed E-state index contributed by atoms with van der Waals surface area (Å²) in [6, 6.07) is 9.74. The molecule has 0 fully saturated rings. The van der Waals surface area contributed by atoms with Crippen LogP contribution in [0.15, 0.2) is 47.4 Å². The molecule has 0 bridgehead atoms. The first-order valence-electron chi connectivity index (χ1n) is 8.30. The Morgan fingerprint density at radius 2 is 1.86 bits per heavy atom. The van der Waals surface area contributed by atoms with Crippen molar-refractivity contribution in [3.63, 3.8) is 0 Å². The van der Waals surface area contributed by atoms with Gasteiger partial charge >= 0.3 is 5.97 Å². The van der Waals surface area contributed by atoms with Crippen molar-refractivity contribution in [1.29, 1.82) is 0 Å². The quantitative estimate of drug-likeness (QED) is 0.499. The minimum absolute atomic E-state index is 0.0121. The van der Waals surface area contributed by atoms with Crippen LogP contribution < -0.4 is 9.04 Å². The molecule has 2 rings (SSSR count). The highest BCUT2D eigenvalue weighted by atomic mass is 32.2. The normalized spacial score (nSPS) is 11.1. The van der Waals surface area contributed by atoms with E-state index < -0.39 is 20.9 Å². The lowest BCUT2D eigenvalue weighted by Gasteiger charge is -2.26. The van der Waals surface area contributed by atoms with Gasteiger partial charge in [0.05, 0.1) is 16.9 Å². The highest BCUT2D eigenvalue weighted by molar-refractivity contribution is 7.92. The van der Waals surface area contributed by atoms with Crippen LogP contribution in [0.5, 0.6) is 5.75 Å². The Bertz CT molecular complexity index is 972. The van der Waals surface area contributed by atoms with Gasteiger partial charge in [-0.25, -0.2) is 8.42 Å². The molecule has 0 heterocycles. The van der Waals surface area contributed by atoms with E-state index in [1.165, 1.54) is 31.4 Å². The Kier molecular flexibility index (Phi) is 6.57. The number of sulfonamides is 1. The molecule has 0 atom stereocenters. The summed E-state index contributed by atoms with van der Waals surface area (Å²) in [6.07, 6.45) is -0.233. The molecule has 2 aromatic rings. The Hall–Kier alpha value is -3.14. The Morgan fingerprint density at radius 1 is 1.21 bits per heavy atom. The molecule has 0 aliphatic heterocycles. The predicted molar refractivity (Wildman–Crippen MR) is 102 cm³/mol. The van der Waals surface area contributed by atoms with Crippen molar-refractivity contribution in [2.24, 2.45) is 0 Å². The van der Waals surface area contributed by atoms with Gasteiger partial charge in [-0.2, -0.15) is 0 Å². The Morgan fingerprint density at radius 3 is 2.39 bits per heavy atom. The van der Waals surface area contributed by atoms with E-state index in [1.54, 1.807) is 12.1 Å². The van der Waals surface area contributed by atoms with Crippen LogP contribution in [0.25, 0.3) is 0 Å². The third-order valence-electron chi connectivity index (χ3n) is 4.00. The van der Waals surface area contributed by atoms with E-state index in [2.05, 4.69) is 0 Å². The van der Waals surface area contributed by atoms with E-state index in [4.69, 9.17) is 9.84 Å². The monoisotopic (exact) mass is 408 g/mol. The molecule has 10 heteroatoms. The van der Waals surface area contributed by atoms with Gasteiger partial charge in [0.25, 0.3) is 15.7 Å². The van der Waals surface area contributed by atoms with E-state index in [1.807, 2.05) is 6.92 Å². The lowest BCUT2D eigenvalue weighted by molar-refractivity contribution is -0.384. The van der Waals surface area contributed by atoms with Crippen LogP contribution in [0.4, 0.5) is 11.4 Å². The van der Waals surface area contributed by atoms with E-state index in [0.717, 1.165) is 15.9 Å². The number of rotatable bonds is 9. The largest absolute Gasteiger partial charge is 0.495 e. The topological polar surface area (TPSA) is 127 Å². The number of hydrogen-bond donors (Lipinski definition) is 1. The number of methoxy groups -OCH3 is 1. The summed E-state index contributed by atoms with van der Waals surface area (Å²) in [5.74, 6) is -0.949. The maximum atomic E-state index is 13.2. The fraction of sp³-hybridized carbons (Fsp3) is 0.278. The Balaban J connectivity index is 2.59. The van der Waals surface area contributed by atoms with Gasteiger partial charge in [-0.15, -0.1) is 0 Å². The van der Waals surface area contributed by atoms with Crippen LogP contribution in [0.2, 0.25) is 0 Å². The molecule has 0 spiro atoms. The lowest BCUT2D eigenvalue weighted by Crippen LogP contribution is -2.32. The SMILES string of the molecule is COc1ccc([N+](=O)[O-])cc1N(CCCC(=O)O)S(=O)(=O)c1ccc(C)cc1. The molecular formula is C18H20N2O7S. The first-order chi connectivity index (χ1) is 13.2. The molecule has 0 aromatic heterocycles. The van der Waals surface area contributed by atoms with Gasteiger partial charge in [-0.3, -0.25) is 19.2 Å². The number of carboxylic acids is 1. The molecule has 1 N–H and O–H groups in total. The molecule has 0 saturated heterocycles. The molecule has 0 unspecified atom stereocenters. The second-order valence-corrected chi connectivity index (χ2v) is 7.86. The van der Waals surface area contributed by atoms with Crippen molar-refractivity contribution < 1.29 is 28.0 Å². The number of carboxylic acid groups (broad SMARTS) is 1. The summed E-state index contributed by atoms with van der Waals surface area (Å²) in [6.45, 7) is 1.63. The average Bonchev–Trinajstić information content (AvgIpc) is 2.64. The summed E-state index contributed by atoms with van der Waals surface area (Å²) in [5.41, 5.74) is 0.533. The molecule has 0 amide bonds. The number of nitro groups is 1. The van der Waals surface area contributed by atoms with Gasteiger partial charge in [-0.05, 0) is 31.5 Å². The standard InChI is InChI=1S/C18H20N2O7S/c1-13-5-8-15(9-6-13)28(25,26)19(11-3-4-18(21)22)16-12-14(20(23)24)7-10-17(16)27-2/h5-10,12H,3-4,11H2,1-2H3,(H,21,22). The van der Waals surface area contributed by atoms with Crippen molar-refractivity contribution in [2.75, 3.05) is 18.0 Å². The number of aryl methyl sites for hydroxylation is 1. The number of benzene rings is 2. The van der Waals surface area contributed by atoms with Gasteiger partial charge in [-0.1, -0.05) is 17.7 Å². The van der Waals surface area contributed by atoms with E-state index in [9.17, 15) is 23.3 Å². The van der Waals surface area contributed by atoms with Crippen LogP contribution in [-0.2, 0) is 14.8 Å². The van der Waals surface area contributed by atoms with Gasteiger partial charge in [0.15, 0.2) is 0 Å². The summed E-state index contributed by atoms with van der Waals surface area (Å²) in [4.78, 5) is 21.4. The molecule has 150 valence electrons. The molecule has 0 aliphatic carbocycles. The second-order valence-electron chi connectivity index (χ2n) is 6.00. The van der Waals surface area contributed by atoms with Crippen molar-refractivity contribution in [3.8, 4) is 5.75 Å². The molecule has 0 saturated carbocycles. The number of nitrogens with zero attached hydrogens (tertiary/aromatic N) is 2. The van der Waals surface area contributed by atoms with Crippen molar-refractivity contribution in [2.45, 2.75) is 24.7 Å². The minimum Gasteiger partial charge on any atom is -0.495 e. The summed E-state index contributed by atoms with van der Waals surface area (Å²) in [5, 5.41) is 20.0. The maximum Gasteiger partial charge on any atom is 0.303 e. The molecule has 2 aromatic carbocycles. The third kappa shape index (κ3) is 4.77. The first-order valence-corrected chi connectivity index (χ1v) is 9.74. The highest BCUT2D eigenvalue weighted by Crippen LogP contribution is 2.35. The number of hydrogen-bond acceptors (Lipinski definition) is 6. The number of anilines is 1. The molecule has 0 radical (unpaired) electrons. The van der Waals surface area contributed by atoms with E-state index >= 15 is 0 Å².